The molecule has 16 heavy (non-hydrogen) atoms. The number of hydrogen-bond donors (Lipinski definition) is 0. The third-order valence-corrected chi connectivity index (χ3v) is 2.31. The van der Waals surface area contributed by atoms with Crippen LogP contribution in [-0.2, 0) is 14.4 Å². The normalized spacial score (nSPS) is 15.1. The lowest BCUT2D eigenvalue weighted by Crippen LogP contribution is -2.28. The Bertz CT molecular complexity index is 488. The number of amides is 2. The molecule has 0 aliphatic carbocycles. The van der Waals surface area contributed by atoms with Crippen molar-refractivity contribution in [3.05, 3.63) is 24.3 Å². The number of carbonyl (C=O) groups excluding carboxylic acids is 3. The van der Waals surface area contributed by atoms with Gasteiger partial charge in [0.2, 0.25) is 17.9 Å². The summed E-state index contributed by atoms with van der Waals surface area (Å²) in [7, 11) is 0. The molecule has 5 nitrogen and oxygen atoms in total. The molecule has 2 rings (SSSR count). The van der Waals surface area contributed by atoms with Crippen LogP contribution < -0.4 is 4.90 Å². The summed E-state index contributed by atoms with van der Waals surface area (Å²) in [5, 5.41) is 0. The summed E-state index contributed by atoms with van der Waals surface area (Å²) in [5.41, 5.74) is 0.823. The van der Waals surface area contributed by atoms with Crippen LogP contribution in [0.15, 0.2) is 29.3 Å². The fourth-order valence-corrected chi connectivity index (χ4v) is 1.62. The number of imide groups is 1. The molecule has 1 saturated heterocycles. The van der Waals surface area contributed by atoms with Gasteiger partial charge < -0.3 is 0 Å². The van der Waals surface area contributed by atoms with Gasteiger partial charge in [-0.2, -0.15) is 4.99 Å². The highest BCUT2D eigenvalue weighted by atomic mass is 16.2. The van der Waals surface area contributed by atoms with Gasteiger partial charge in [-0.05, 0) is 18.2 Å². The van der Waals surface area contributed by atoms with Crippen LogP contribution in [0.3, 0.4) is 0 Å². The summed E-state index contributed by atoms with van der Waals surface area (Å²) in [6.45, 7) is 0. The van der Waals surface area contributed by atoms with E-state index >= 15 is 0 Å². The highest BCUT2D eigenvalue weighted by molar-refractivity contribution is 6.19. The number of benzene rings is 1. The zero-order valence-electron chi connectivity index (χ0n) is 8.34. The van der Waals surface area contributed by atoms with E-state index < -0.39 is 0 Å². The SMILES string of the molecule is O=C=Nc1cccc(N2C(=O)CCC2=O)c1. The second-order valence-electron chi connectivity index (χ2n) is 3.35. The van der Waals surface area contributed by atoms with Crippen LogP contribution in [0.5, 0.6) is 0 Å². The third-order valence-electron chi connectivity index (χ3n) is 2.31. The molecule has 0 unspecified atom stereocenters. The Morgan fingerprint density at radius 2 is 1.88 bits per heavy atom. The predicted molar refractivity (Wildman–Crippen MR) is 56.0 cm³/mol. The van der Waals surface area contributed by atoms with Crippen molar-refractivity contribution in [1.29, 1.82) is 0 Å². The molecule has 0 N–H and O–H groups in total. The quantitative estimate of drug-likeness (QED) is 0.425. The average Bonchev–Trinajstić information content (AvgIpc) is 2.59. The molecule has 0 saturated carbocycles. The summed E-state index contributed by atoms with van der Waals surface area (Å²) in [4.78, 5) is 37.5. The third kappa shape index (κ3) is 1.76. The number of isocyanates is 1. The Balaban J connectivity index is 2.40. The monoisotopic (exact) mass is 216 g/mol. The van der Waals surface area contributed by atoms with Crippen LogP contribution in [0.4, 0.5) is 11.4 Å². The molecule has 0 spiro atoms. The van der Waals surface area contributed by atoms with Gasteiger partial charge in [-0.25, -0.2) is 4.79 Å². The fourth-order valence-electron chi connectivity index (χ4n) is 1.62. The van der Waals surface area contributed by atoms with E-state index in [-0.39, 0.29) is 24.7 Å². The molecular formula is C11H8N2O3. The number of nitrogens with zero attached hydrogens (tertiary/aromatic N) is 2. The van der Waals surface area contributed by atoms with Crippen molar-refractivity contribution in [3.63, 3.8) is 0 Å². The smallest absolute Gasteiger partial charge is 0.240 e. The molecule has 1 aliphatic heterocycles. The number of rotatable bonds is 2. The molecule has 0 aromatic heterocycles. The average molecular weight is 216 g/mol. The van der Waals surface area contributed by atoms with Crippen LogP contribution >= 0.6 is 0 Å². The minimum Gasteiger partial charge on any atom is -0.274 e. The lowest BCUT2D eigenvalue weighted by molar-refractivity contribution is -0.121. The van der Waals surface area contributed by atoms with E-state index in [1.165, 1.54) is 12.1 Å². The van der Waals surface area contributed by atoms with Gasteiger partial charge in [0.25, 0.3) is 0 Å². The van der Waals surface area contributed by atoms with Crippen molar-refractivity contribution in [1.82, 2.24) is 0 Å². The maximum absolute atomic E-state index is 11.5. The first kappa shape index (κ1) is 10.3. The maximum Gasteiger partial charge on any atom is 0.240 e. The molecule has 80 valence electrons. The summed E-state index contributed by atoms with van der Waals surface area (Å²) in [6, 6.07) is 6.36. The maximum atomic E-state index is 11.5. The van der Waals surface area contributed by atoms with Crippen molar-refractivity contribution >= 4 is 29.3 Å². The van der Waals surface area contributed by atoms with E-state index in [4.69, 9.17) is 0 Å². The fraction of sp³-hybridized carbons (Fsp3) is 0.182. The van der Waals surface area contributed by atoms with Crippen molar-refractivity contribution < 1.29 is 14.4 Å². The predicted octanol–water partition coefficient (Wildman–Crippen LogP) is 1.31. The van der Waals surface area contributed by atoms with Gasteiger partial charge in [-0.3, -0.25) is 14.5 Å². The molecule has 1 aromatic carbocycles. The standard InChI is InChI=1S/C11H8N2O3/c14-7-12-8-2-1-3-9(6-8)13-10(15)4-5-11(13)16/h1-3,6H,4-5H2. The van der Waals surface area contributed by atoms with E-state index in [9.17, 15) is 14.4 Å². The number of aliphatic imine (C=N–C) groups is 1. The first-order valence-electron chi connectivity index (χ1n) is 4.76. The van der Waals surface area contributed by atoms with Crippen LogP contribution in [0.2, 0.25) is 0 Å². The van der Waals surface area contributed by atoms with Gasteiger partial charge >= 0.3 is 0 Å². The zero-order chi connectivity index (χ0) is 11.5. The molecule has 1 heterocycles. The Morgan fingerprint density at radius 1 is 1.19 bits per heavy atom. The molecule has 1 aliphatic rings. The number of hydrogen-bond acceptors (Lipinski definition) is 4. The Morgan fingerprint density at radius 3 is 2.50 bits per heavy atom. The van der Waals surface area contributed by atoms with Crippen LogP contribution in [0.1, 0.15) is 12.8 Å². The highest BCUT2D eigenvalue weighted by Crippen LogP contribution is 2.25. The van der Waals surface area contributed by atoms with E-state index in [1.807, 2.05) is 0 Å². The summed E-state index contributed by atoms with van der Waals surface area (Å²) in [5.74, 6) is -0.450. The van der Waals surface area contributed by atoms with E-state index in [0.29, 0.717) is 11.4 Å². The zero-order valence-corrected chi connectivity index (χ0v) is 8.34. The first-order valence-corrected chi connectivity index (χ1v) is 4.76. The van der Waals surface area contributed by atoms with E-state index in [0.717, 1.165) is 4.90 Å². The molecule has 0 radical (unpaired) electrons. The van der Waals surface area contributed by atoms with Crippen molar-refractivity contribution in [3.8, 4) is 0 Å². The molecular weight excluding hydrogens is 208 g/mol. The van der Waals surface area contributed by atoms with E-state index in [2.05, 4.69) is 4.99 Å². The Hall–Kier alpha value is -2.26. The molecule has 2 amide bonds. The van der Waals surface area contributed by atoms with Gasteiger partial charge in [0.1, 0.15) is 0 Å². The number of anilines is 1. The Labute approximate surface area is 91.4 Å². The van der Waals surface area contributed by atoms with E-state index in [1.54, 1.807) is 18.2 Å². The number of carbonyl (C=O) groups is 2. The molecule has 0 bridgehead atoms. The highest BCUT2D eigenvalue weighted by Gasteiger charge is 2.30. The first-order chi connectivity index (χ1) is 7.72. The van der Waals surface area contributed by atoms with Crippen molar-refractivity contribution in [2.24, 2.45) is 4.99 Å². The topological polar surface area (TPSA) is 66.8 Å². The lowest BCUT2D eigenvalue weighted by atomic mass is 10.2. The summed E-state index contributed by atoms with van der Waals surface area (Å²) >= 11 is 0. The van der Waals surface area contributed by atoms with Gasteiger partial charge in [0.05, 0.1) is 11.4 Å². The van der Waals surface area contributed by atoms with Gasteiger partial charge in [0.15, 0.2) is 0 Å². The van der Waals surface area contributed by atoms with Gasteiger partial charge in [-0.15, -0.1) is 0 Å². The minimum atomic E-state index is -0.225. The summed E-state index contributed by atoms with van der Waals surface area (Å²) in [6.07, 6.45) is 1.88. The van der Waals surface area contributed by atoms with Crippen LogP contribution in [0, 0.1) is 0 Å². The summed E-state index contributed by atoms with van der Waals surface area (Å²) < 4.78 is 0. The van der Waals surface area contributed by atoms with Crippen molar-refractivity contribution in [2.45, 2.75) is 12.8 Å². The minimum absolute atomic E-state index is 0.225. The van der Waals surface area contributed by atoms with Crippen LogP contribution in [0.25, 0.3) is 0 Å². The van der Waals surface area contributed by atoms with Gasteiger partial charge in [0, 0.05) is 12.8 Å². The molecule has 1 aromatic rings. The van der Waals surface area contributed by atoms with Crippen LogP contribution in [-0.4, -0.2) is 17.9 Å². The lowest BCUT2D eigenvalue weighted by Gasteiger charge is -2.13. The molecule has 1 fully saturated rings. The second kappa shape index (κ2) is 4.08. The second-order valence-corrected chi connectivity index (χ2v) is 3.35. The Kier molecular flexibility index (Phi) is 2.62. The van der Waals surface area contributed by atoms with Gasteiger partial charge in [-0.1, -0.05) is 6.07 Å². The molecule has 0 atom stereocenters. The molecule has 5 heteroatoms. The largest absolute Gasteiger partial charge is 0.274 e. The van der Waals surface area contributed by atoms with Crippen molar-refractivity contribution in [2.75, 3.05) is 4.90 Å².